The lowest BCUT2D eigenvalue weighted by Gasteiger charge is -2.19. The number of para-hydroxylation sites is 1. The van der Waals surface area contributed by atoms with Crippen LogP contribution in [0.5, 0.6) is 0 Å². The van der Waals surface area contributed by atoms with Crippen molar-refractivity contribution in [1.82, 2.24) is 5.32 Å². The lowest BCUT2D eigenvalue weighted by Crippen LogP contribution is -2.45. The van der Waals surface area contributed by atoms with Gasteiger partial charge in [0.1, 0.15) is 12.6 Å². The summed E-state index contributed by atoms with van der Waals surface area (Å²) in [6.07, 6.45) is -1.46. The van der Waals surface area contributed by atoms with Crippen LogP contribution in [0.2, 0.25) is 0 Å². The molecule has 35 heavy (non-hydrogen) atoms. The standard InChI is InChI=1S/C27H26N2O6/c1-34-15-17-8-2-7-13-23(17)28-26(32)24(14-25(30)31)29-27(33)35-16-22-20-11-5-3-9-18(20)19-10-4-6-12-21(19)22/h2-13,22,24H,14-16H2,1H3,(H,28,32)(H,29,33)(H,30,31). The summed E-state index contributed by atoms with van der Waals surface area (Å²) >= 11 is 0. The monoisotopic (exact) mass is 474 g/mol. The second-order valence-electron chi connectivity index (χ2n) is 8.20. The van der Waals surface area contributed by atoms with E-state index in [0.29, 0.717) is 5.69 Å². The van der Waals surface area contributed by atoms with Gasteiger partial charge in [0.25, 0.3) is 0 Å². The smallest absolute Gasteiger partial charge is 0.407 e. The van der Waals surface area contributed by atoms with Gasteiger partial charge in [0, 0.05) is 24.3 Å². The summed E-state index contributed by atoms with van der Waals surface area (Å²) in [4.78, 5) is 36.8. The third-order valence-electron chi connectivity index (χ3n) is 5.91. The zero-order chi connectivity index (χ0) is 24.8. The van der Waals surface area contributed by atoms with Crippen LogP contribution < -0.4 is 10.6 Å². The van der Waals surface area contributed by atoms with E-state index >= 15 is 0 Å². The van der Waals surface area contributed by atoms with Crippen LogP contribution in [0.3, 0.4) is 0 Å². The molecule has 0 aliphatic heterocycles. The molecule has 0 radical (unpaired) electrons. The van der Waals surface area contributed by atoms with Gasteiger partial charge in [-0.15, -0.1) is 0 Å². The summed E-state index contributed by atoms with van der Waals surface area (Å²) in [6, 6.07) is 21.5. The van der Waals surface area contributed by atoms with Crippen molar-refractivity contribution in [3.8, 4) is 11.1 Å². The number of hydrogen-bond acceptors (Lipinski definition) is 5. The van der Waals surface area contributed by atoms with Crippen LogP contribution in [-0.2, 0) is 25.7 Å². The van der Waals surface area contributed by atoms with Crippen LogP contribution in [0.25, 0.3) is 11.1 Å². The summed E-state index contributed by atoms with van der Waals surface area (Å²) < 4.78 is 10.6. The van der Waals surface area contributed by atoms with Crippen molar-refractivity contribution in [3.05, 3.63) is 89.5 Å². The number of benzene rings is 3. The predicted molar refractivity (Wildman–Crippen MR) is 130 cm³/mol. The van der Waals surface area contributed by atoms with Crippen LogP contribution >= 0.6 is 0 Å². The van der Waals surface area contributed by atoms with Gasteiger partial charge in [0.05, 0.1) is 13.0 Å². The van der Waals surface area contributed by atoms with Gasteiger partial charge >= 0.3 is 12.1 Å². The third-order valence-corrected chi connectivity index (χ3v) is 5.91. The average molecular weight is 475 g/mol. The second kappa shape index (κ2) is 10.8. The molecule has 1 atom stereocenters. The third kappa shape index (κ3) is 5.50. The summed E-state index contributed by atoms with van der Waals surface area (Å²) in [5.74, 6) is -2.04. The molecule has 180 valence electrons. The Morgan fingerprint density at radius 3 is 2.14 bits per heavy atom. The molecule has 3 N–H and O–H groups in total. The van der Waals surface area contributed by atoms with E-state index in [4.69, 9.17) is 9.47 Å². The van der Waals surface area contributed by atoms with Gasteiger partial charge in [-0.25, -0.2) is 4.79 Å². The van der Waals surface area contributed by atoms with Crippen molar-refractivity contribution >= 4 is 23.7 Å². The summed E-state index contributed by atoms with van der Waals surface area (Å²) in [5, 5.41) is 14.4. The van der Waals surface area contributed by atoms with Crippen molar-refractivity contribution in [2.45, 2.75) is 25.0 Å². The van der Waals surface area contributed by atoms with E-state index < -0.39 is 30.4 Å². The van der Waals surface area contributed by atoms with Gasteiger partial charge in [-0.1, -0.05) is 66.7 Å². The molecule has 3 aromatic carbocycles. The number of alkyl carbamates (subject to hydrolysis) is 1. The second-order valence-corrected chi connectivity index (χ2v) is 8.20. The number of methoxy groups -OCH3 is 1. The highest BCUT2D eigenvalue weighted by Gasteiger charge is 2.30. The lowest BCUT2D eigenvalue weighted by atomic mass is 9.98. The molecule has 1 aliphatic carbocycles. The number of amides is 2. The number of fused-ring (bicyclic) bond motifs is 3. The minimum Gasteiger partial charge on any atom is -0.481 e. The van der Waals surface area contributed by atoms with Gasteiger partial charge in [-0.3, -0.25) is 9.59 Å². The lowest BCUT2D eigenvalue weighted by molar-refractivity contribution is -0.139. The Kier molecular flexibility index (Phi) is 7.42. The Bertz CT molecular complexity index is 1200. The number of aliphatic carboxylic acids is 1. The molecule has 2 amide bonds. The molecule has 0 fully saturated rings. The Morgan fingerprint density at radius 2 is 1.51 bits per heavy atom. The van der Waals surface area contributed by atoms with E-state index in [0.717, 1.165) is 27.8 Å². The largest absolute Gasteiger partial charge is 0.481 e. The van der Waals surface area contributed by atoms with Crippen LogP contribution in [-0.4, -0.2) is 42.8 Å². The van der Waals surface area contributed by atoms with Gasteiger partial charge < -0.3 is 25.2 Å². The van der Waals surface area contributed by atoms with Gasteiger partial charge in [-0.05, 0) is 28.3 Å². The highest BCUT2D eigenvalue weighted by atomic mass is 16.5. The van der Waals surface area contributed by atoms with Crippen molar-refractivity contribution in [2.24, 2.45) is 0 Å². The molecule has 0 spiro atoms. The maximum Gasteiger partial charge on any atom is 0.407 e. The fraction of sp³-hybridized carbons (Fsp3) is 0.222. The number of carbonyl (C=O) groups excluding carboxylic acids is 2. The highest BCUT2D eigenvalue weighted by molar-refractivity contribution is 5.99. The molecule has 3 aromatic rings. The maximum atomic E-state index is 12.8. The maximum absolute atomic E-state index is 12.8. The fourth-order valence-corrected chi connectivity index (χ4v) is 4.31. The van der Waals surface area contributed by atoms with Crippen molar-refractivity contribution < 1.29 is 29.0 Å². The number of rotatable bonds is 9. The highest BCUT2D eigenvalue weighted by Crippen LogP contribution is 2.44. The van der Waals surface area contributed by atoms with Crippen molar-refractivity contribution in [1.29, 1.82) is 0 Å². The number of anilines is 1. The average Bonchev–Trinajstić information content (AvgIpc) is 3.17. The van der Waals surface area contributed by atoms with Crippen LogP contribution in [0.4, 0.5) is 10.5 Å². The topological polar surface area (TPSA) is 114 Å². The van der Waals surface area contributed by atoms with Crippen LogP contribution in [0.15, 0.2) is 72.8 Å². The molecule has 8 nitrogen and oxygen atoms in total. The zero-order valence-electron chi connectivity index (χ0n) is 19.2. The number of nitrogens with one attached hydrogen (secondary N) is 2. The molecule has 0 saturated carbocycles. The molecule has 1 unspecified atom stereocenters. The molecular formula is C27H26N2O6. The first kappa shape index (κ1) is 24.0. The predicted octanol–water partition coefficient (Wildman–Crippen LogP) is 4.15. The Labute approximate surface area is 202 Å². The first-order valence-corrected chi connectivity index (χ1v) is 11.2. The van der Waals surface area contributed by atoms with E-state index in [9.17, 15) is 19.5 Å². The normalized spacial score (nSPS) is 12.8. The van der Waals surface area contributed by atoms with E-state index in [1.807, 2.05) is 48.5 Å². The first-order chi connectivity index (χ1) is 17.0. The SMILES string of the molecule is COCc1ccccc1NC(=O)C(CC(=O)O)NC(=O)OCC1c2ccccc2-c2ccccc21. The molecule has 0 saturated heterocycles. The van der Waals surface area contributed by atoms with Crippen LogP contribution in [0, 0.1) is 0 Å². The number of hydrogen-bond donors (Lipinski definition) is 3. The number of carboxylic acid groups (broad SMARTS) is 1. The molecule has 1 aliphatic rings. The number of ether oxygens (including phenoxy) is 2. The molecule has 4 rings (SSSR count). The Morgan fingerprint density at radius 1 is 0.914 bits per heavy atom. The summed E-state index contributed by atoms with van der Waals surface area (Å²) in [5.41, 5.74) is 5.49. The van der Waals surface area contributed by atoms with Crippen molar-refractivity contribution in [2.75, 3.05) is 19.0 Å². The van der Waals surface area contributed by atoms with E-state index in [-0.39, 0.29) is 19.1 Å². The van der Waals surface area contributed by atoms with E-state index in [1.54, 1.807) is 24.3 Å². The molecule has 0 bridgehead atoms. The Hall–Kier alpha value is -4.17. The molecule has 0 aromatic heterocycles. The molecular weight excluding hydrogens is 448 g/mol. The number of carboxylic acids is 1. The first-order valence-electron chi connectivity index (χ1n) is 11.2. The van der Waals surface area contributed by atoms with E-state index in [2.05, 4.69) is 10.6 Å². The Balaban J connectivity index is 1.43. The molecule has 8 heteroatoms. The molecule has 0 heterocycles. The minimum atomic E-state index is -1.32. The quantitative estimate of drug-likeness (QED) is 0.429. The summed E-state index contributed by atoms with van der Waals surface area (Å²) in [6.45, 7) is 0.317. The minimum absolute atomic E-state index is 0.0535. The summed E-state index contributed by atoms with van der Waals surface area (Å²) in [7, 11) is 1.53. The fourth-order valence-electron chi connectivity index (χ4n) is 4.31. The van der Waals surface area contributed by atoms with Crippen molar-refractivity contribution in [3.63, 3.8) is 0 Å². The van der Waals surface area contributed by atoms with Crippen LogP contribution in [0.1, 0.15) is 29.0 Å². The van der Waals surface area contributed by atoms with Gasteiger partial charge in [0.2, 0.25) is 5.91 Å². The number of carbonyl (C=O) groups is 3. The van der Waals surface area contributed by atoms with E-state index in [1.165, 1.54) is 7.11 Å². The zero-order valence-corrected chi connectivity index (χ0v) is 19.2. The van der Waals surface area contributed by atoms with Gasteiger partial charge in [-0.2, -0.15) is 0 Å². The van der Waals surface area contributed by atoms with Gasteiger partial charge in [0.15, 0.2) is 0 Å².